The molecular formula is C43H64O4Si2. The van der Waals surface area contributed by atoms with E-state index in [1.54, 1.807) is 0 Å². The molecule has 0 unspecified atom stereocenters. The molecule has 0 saturated heterocycles. The summed E-state index contributed by atoms with van der Waals surface area (Å²) in [5.74, 6) is 1.12. The van der Waals surface area contributed by atoms with Crippen molar-refractivity contribution in [2.45, 2.75) is 162 Å². The Morgan fingerprint density at radius 2 is 0.816 bits per heavy atom. The number of carbonyl (C=O) groups is 2. The van der Waals surface area contributed by atoms with Gasteiger partial charge in [-0.25, -0.2) is 0 Å². The largest absolute Gasteiger partial charge is 0.543 e. The summed E-state index contributed by atoms with van der Waals surface area (Å²) in [5.41, 5.74) is 4.80. The van der Waals surface area contributed by atoms with Crippen molar-refractivity contribution in [1.29, 1.82) is 0 Å². The molecule has 0 heterocycles. The lowest BCUT2D eigenvalue weighted by Crippen LogP contribution is -2.41. The van der Waals surface area contributed by atoms with Crippen LogP contribution in [0.5, 0.6) is 0 Å². The van der Waals surface area contributed by atoms with Crippen molar-refractivity contribution in [3.05, 3.63) is 81.4 Å². The van der Waals surface area contributed by atoms with Gasteiger partial charge in [-0.3, -0.25) is 9.59 Å². The average molecular weight is 701 g/mol. The Hall–Kier alpha value is -2.71. The summed E-state index contributed by atoms with van der Waals surface area (Å²) in [7, 11) is -4.69. The lowest BCUT2D eigenvalue weighted by Gasteiger charge is -2.40. The molecule has 0 fully saturated rings. The molecule has 0 spiro atoms. The van der Waals surface area contributed by atoms with Crippen molar-refractivity contribution in [3.8, 4) is 0 Å². The number of unbranched alkanes of at least 4 members (excludes halogenated alkanes) is 6. The van der Waals surface area contributed by atoms with E-state index in [4.69, 9.17) is 8.85 Å². The first-order valence-electron chi connectivity index (χ1n) is 19.9. The Kier molecular flexibility index (Phi) is 14.8. The molecule has 0 amide bonds. The van der Waals surface area contributed by atoms with E-state index >= 15 is 0 Å². The number of Topliss-reactive ketones (excluding diaryl/α,β-unsaturated/α-hetero) is 2. The van der Waals surface area contributed by atoms with Crippen LogP contribution in [-0.4, -0.2) is 28.2 Å². The molecular weight excluding hydrogens is 637 g/mol. The first-order chi connectivity index (χ1) is 23.7. The van der Waals surface area contributed by atoms with E-state index in [2.05, 4.69) is 47.6 Å². The van der Waals surface area contributed by atoms with Gasteiger partial charge in [-0.05, 0) is 49.3 Å². The van der Waals surface area contributed by atoms with Gasteiger partial charge < -0.3 is 8.85 Å². The van der Waals surface area contributed by atoms with Crippen molar-refractivity contribution in [2.75, 3.05) is 0 Å². The smallest absolute Gasteiger partial charge is 0.251 e. The second-order valence-corrected chi connectivity index (χ2v) is 23.0. The molecule has 2 aliphatic rings. The minimum Gasteiger partial charge on any atom is -0.543 e. The zero-order valence-electron chi connectivity index (χ0n) is 31.9. The van der Waals surface area contributed by atoms with Gasteiger partial charge in [0.05, 0.1) is 11.1 Å². The normalized spacial score (nSPS) is 14.6. The molecule has 49 heavy (non-hydrogen) atoms. The van der Waals surface area contributed by atoms with Crippen molar-refractivity contribution >= 4 is 39.7 Å². The van der Waals surface area contributed by atoms with Gasteiger partial charge in [0, 0.05) is 22.3 Å². The number of benzene rings is 2. The number of hydrogen-bond acceptors (Lipinski definition) is 4. The third-order valence-electron chi connectivity index (χ3n) is 10.8. The summed E-state index contributed by atoms with van der Waals surface area (Å²) in [4.78, 5) is 29.9. The Morgan fingerprint density at radius 1 is 0.469 bits per heavy atom. The predicted molar refractivity (Wildman–Crippen MR) is 212 cm³/mol. The quantitative estimate of drug-likeness (QED) is 0.115. The van der Waals surface area contributed by atoms with Crippen LogP contribution in [0.25, 0.3) is 11.5 Å². The Morgan fingerprint density at radius 3 is 1.20 bits per heavy atom. The Balaban J connectivity index is 2.07. The molecule has 0 aliphatic heterocycles. The van der Waals surface area contributed by atoms with E-state index in [0.29, 0.717) is 33.8 Å². The monoisotopic (exact) mass is 700 g/mol. The van der Waals surface area contributed by atoms with Crippen LogP contribution in [0, 0.1) is 6.92 Å². The molecule has 6 heteroatoms. The molecule has 0 saturated carbocycles. The van der Waals surface area contributed by atoms with Crippen LogP contribution in [0.2, 0.25) is 36.3 Å². The van der Waals surface area contributed by atoms with E-state index in [9.17, 15) is 9.59 Å². The van der Waals surface area contributed by atoms with Gasteiger partial charge in [0.25, 0.3) is 16.6 Å². The standard InChI is InChI=1S/C43H64O4Si2/c1-8-14-26-48(27-15-9-2,28-16-10-3)46-42-35-23-21-20-22-34(35)40(44)38-39(42)41(45)37-32-33(7)24-25-36(37)43(38)47-49(29-17-11-4,30-18-12-5)31-19-13-6/h20-25,32H,8-19,26-31H2,1-7H3. The van der Waals surface area contributed by atoms with Crippen LogP contribution in [0.4, 0.5) is 0 Å². The Labute approximate surface area is 300 Å². The average Bonchev–Trinajstić information content (AvgIpc) is 3.12. The SMILES string of the molecule is CCCC[Si](CCCC)(CCCC)OC1=C2C(=O)c3cc(C)ccc3C(O[Si](CCCC)(CCCC)CCCC)=C2C(=O)c2ccccc21. The van der Waals surface area contributed by atoms with E-state index in [1.807, 2.05) is 43.3 Å². The number of carbonyl (C=O) groups excluding carboxylic acids is 2. The number of allylic oxidation sites excluding steroid dienone is 2. The highest BCUT2D eigenvalue weighted by molar-refractivity contribution is 6.75. The summed E-state index contributed by atoms with van der Waals surface area (Å²) in [6.45, 7) is 15.6. The maximum absolute atomic E-state index is 15.0. The number of aryl methyl sites for hydroxylation is 1. The zero-order chi connectivity index (χ0) is 35.4. The van der Waals surface area contributed by atoms with E-state index in [-0.39, 0.29) is 11.6 Å². The maximum atomic E-state index is 15.0. The summed E-state index contributed by atoms with van der Waals surface area (Å²) >= 11 is 0. The van der Waals surface area contributed by atoms with Crippen molar-refractivity contribution < 1.29 is 18.4 Å². The van der Waals surface area contributed by atoms with Crippen LogP contribution in [0.15, 0.2) is 53.6 Å². The molecule has 2 aromatic carbocycles. The van der Waals surface area contributed by atoms with Crippen LogP contribution in [0.1, 0.15) is 156 Å². The molecule has 4 rings (SSSR count). The van der Waals surface area contributed by atoms with Gasteiger partial charge in [0.1, 0.15) is 11.5 Å². The summed E-state index contributed by atoms with van der Waals surface area (Å²) in [5, 5.41) is 0. The summed E-state index contributed by atoms with van der Waals surface area (Å²) in [6, 6.07) is 20.4. The predicted octanol–water partition coefficient (Wildman–Crippen LogP) is 13.2. The lowest BCUT2D eigenvalue weighted by molar-refractivity contribution is 0.0988. The molecule has 0 aromatic heterocycles. The number of fused-ring (bicyclic) bond motifs is 3. The molecule has 4 nitrogen and oxygen atoms in total. The van der Waals surface area contributed by atoms with E-state index < -0.39 is 16.6 Å². The molecule has 0 radical (unpaired) electrons. The van der Waals surface area contributed by atoms with Crippen molar-refractivity contribution in [3.63, 3.8) is 0 Å². The van der Waals surface area contributed by atoms with Crippen LogP contribution < -0.4 is 0 Å². The molecule has 0 bridgehead atoms. The fourth-order valence-corrected chi connectivity index (χ4v) is 17.2. The van der Waals surface area contributed by atoms with Crippen molar-refractivity contribution in [1.82, 2.24) is 0 Å². The van der Waals surface area contributed by atoms with Gasteiger partial charge in [0.2, 0.25) is 0 Å². The highest BCUT2D eigenvalue weighted by atomic mass is 28.4. The molecule has 2 aliphatic carbocycles. The fraction of sp³-hybridized carbons (Fsp3) is 0.581. The summed E-state index contributed by atoms with van der Waals surface area (Å²) in [6.07, 6.45) is 13.4. The minimum absolute atomic E-state index is 0.0915. The van der Waals surface area contributed by atoms with Gasteiger partial charge in [-0.1, -0.05) is 161 Å². The molecule has 0 N–H and O–H groups in total. The minimum atomic E-state index is -2.35. The maximum Gasteiger partial charge on any atom is 0.251 e. The second kappa shape index (κ2) is 18.5. The van der Waals surface area contributed by atoms with Gasteiger partial charge in [-0.15, -0.1) is 0 Å². The highest BCUT2D eigenvalue weighted by Gasteiger charge is 2.47. The van der Waals surface area contributed by atoms with Crippen LogP contribution in [-0.2, 0) is 8.85 Å². The zero-order valence-corrected chi connectivity index (χ0v) is 33.9. The first-order valence-corrected chi connectivity index (χ1v) is 25.0. The van der Waals surface area contributed by atoms with Crippen LogP contribution in [0.3, 0.4) is 0 Å². The number of ketones is 2. The topological polar surface area (TPSA) is 52.6 Å². The third-order valence-corrected chi connectivity index (χ3v) is 19.7. The number of rotatable bonds is 22. The van der Waals surface area contributed by atoms with E-state index in [0.717, 1.165) is 130 Å². The highest BCUT2D eigenvalue weighted by Crippen LogP contribution is 2.49. The van der Waals surface area contributed by atoms with Gasteiger partial charge in [0.15, 0.2) is 11.6 Å². The van der Waals surface area contributed by atoms with Gasteiger partial charge in [-0.2, -0.15) is 0 Å². The Bertz CT molecular complexity index is 1460. The first kappa shape index (κ1) is 39.1. The van der Waals surface area contributed by atoms with Crippen LogP contribution >= 0.6 is 0 Å². The molecule has 2 aromatic rings. The second-order valence-electron chi connectivity index (χ2n) is 14.9. The van der Waals surface area contributed by atoms with Crippen molar-refractivity contribution in [2.24, 2.45) is 0 Å². The fourth-order valence-electron chi connectivity index (χ4n) is 7.82. The van der Waals surface area contributed by atoms with Gasteiger partial charge >= 0.3 is 0 Å². The number of hydrogen-bond donors (Lipinski definition) is 0. The molecule has 0 atom stereocenters. The molecule has 268 valence electrons. The van der Waals surface area contributed by atoms with E-state index in [1.165, 1.54) is 0 Å². The lowest BCUT2D eigenvalue weighted by atomic mass is 9.76. The third kappa shape index (κ3) is 8.97. The summed E-state index contributed by atoms with van der Waals surface area (Å²) < 4.78 is 15.2.